The summed E-state index contributed by atoms with van der Waals surface area (Å²) < 4.78 is 86.9. The SMILES string of the molecule is Fc1cc(C(F)(F)F)ccc1-c1cc(Cn2ccc3nc(-c4cccc(F)c4F)nc-3c2)on1. The molecule has 34 heavy (non-hydrogen) atoms. The number of nitrogens with zero attached hydrogens (tertiary/aromatic N) is 4. The first-order valence-corrected chi connectivity index (χ1v) is 9.79. The van der Waals surface area contributed by atoms with Crippen LogP contribution in [0.25, 0.3) is 34.0 Å². The first-order valence-electron chi connectivity index (χ1n) is 9.79. The van der Waals surface area contributed by atoms with Crippen molar-refractivity contribution in [1.29, 1.82) is 0 Å². The Morgan fingerprint density at radius 3 is 2.38 bits per heavy atom. The largest absolute Gasteiger partial charge is 0.416 e. The fraction of sp³-hybridized carbons (Fsp3) is 0.0870. The van der Waals surface area contributed by atoms with Crippen LogP contribution in [0.2, 0.25) is 0 Å². The van der Waals surface area contributed by atoms with E-state index in [1.807, 2.05) is 0 Å². The van der Waals surface area contributed by atoms with Crippen LogP contribution in [-0.4, -0.2) is 19.7 Å². The van der Waals surface area contributed by atoms with Gasteiger partial charge >= 0.3 is 6.18 Å². The molecule has 0 aliphatic carbocycles. The highest BCUT2D eigenvalue weighted by atomic mass is 19.4. The van der Waals surface area contributed by atoms with E-state index in [4.69, 9.17) is 4.52 Å². The lowest BCUT2D eigenvalue weighted by Crippen LogP contribution is -2.05. The third-order valence-corrected chi connectivity index (χ3v) is 5.09. The molecule has 0 atom stereocenters. The van der Waals surface area contributed by atoms with Crippen LogP contribution < -0.4 is 0 Å². The minimum absolute atomic E-state index is 0.0319. The van der Waals surface area contributed by atoms with Crippen LogP contribution in [0.15, 0.2) is 65.4 Å². The first kappa shape index (κ1) is 21.7. The standard InChI is InChI=1S/C23H12F6N4O/c24-16-3-1-2-15(21(16)26)22-30-18-6-7-33(11-20(18)31-22)10-13-9-19(32-34-13)14-5-4-12(8-17(14)25)23(27,28)29/h1-9,11H,10H2. The second-order valence-electron chi connectivity index (χ2n) is 7.41. The summed E-state index contributed by atoms with van der Waals surface area (Å²) >= 11 is 0. The van der Waals surface area contributed by atoms with Crippen molar-refractivity contribution in [3.05, 3.63) is 89.7 Å². The summed E-state index contributed by atoms with van der Waals surface area (Å²) in [6, 6.07) is 8.92. The molecule has 0 saturated carbocycles. The van der Waals surface area contributed by atoms with Crippen LogP contribution in [0.4, 0.5) is 26.3 Å². The van der Waals surface area contributed by atoms with Crippen molar-refractivity contribution in [3.8, 4) is 34.0 Å². The van der Waals surface area contributed by atoms with Crippen molar-refractivity contribution in [3.63, 3.8) is 0 Å². The summed E-state index contributed by atoms with van der Waals surface area (Å²) in [4.78, 5) is 8.48. The molecular weight excluding hydrogens is 462 g/mol. The van der Waals surface area contributed by atoms with Crippen LogP contribution in [0, 0.1) is 17.5 Å². The van der Waals surface area contributed by atoms with Gasteiger partial charge in [-0.3, -0.25) is 0 Å². The third kappa shape index (κ3) is 4.00. The van der Waals surface area contributed by atoms with E-state index in [1.54, 1.807) is 23.0 Å². The molecule has 0 saturated heterocycles. The number of aromatic nitrogens is 4. The number of fused-ring (bicyclic) bond motifs is 1. The summed E-state index contributed by atoms with van der Waals surface area (Å²) in [6.07, 6.45) is -1.42. The van der Waals surface area contributed by atoms with Crippen molar-refractivity contribution < 1.29 is 30.9 Å². The molecule has 0 bridgehead atoms. The summed E-state index contributed by atoms with van der Waals surface area (Å²) in [6.45, 7) is 0.141. The topological polar surface area (TPSA) is 56.7 Å². The zero-order chi connectivity index (χ0) is 24.0. The number of pyridine rings is 1. The van der Waals surface area contributed by atoms with Gasteiger partial charge in [0.25, 0.3) is 0 Å². The van der Waals surface area contributed by atoms with Gasteiger partial charge in [0.1, 0.15) is 17.2 Å². The molecule has 5 rings (SSSR count). The molecule has 0 radical (unpaired) electrons. The molecule has 1 aromatic heterocycles. The second kappa shape index (κ2) is 8.01. The Hall–Kier alpha value is -4.15. The van der Waals surface area contributed by atoms with Crippen molar-refractivity contribution in [2.45, 2.75) is 12.7 Å². The van der Waals surface area contributed by atoms with Crippen LogP contribution >= 0.6 is 0 Å². The molecule has 2 aliphatic rings. The molecule has 0 amide bonds. The Bertz CT molecular complexity index is 1470. The van der Waals surface area contributed by atoms with Gasteiger partial charge in [-0.1, -0.05) is 11.2 Å². The zero-order valence-corrected chi connectivity index (χ0v) is 16.9. The maximum absolute atomic E-state index is 14.2. The fourth-order valence-corrected chi connectivity index (χ4v) is 3.44. The molecule has 2 aliphatic heterocycles. The van der Waals surface area contributed by atoms with E-state index in [1.165, 1.54) is 18.2 Å². The van der Waals surface area contributed by atoms with Gasteiger partial charge in [-0.2, -0.15) is 13.2 Å². The number of imidazole rings is 1. The van der Waals surface area contributed by atoms with Crippen LogP contribution in [0.3, 0.4) is 0 Å². The summed E-state index contributed by atoms with van der Waals surface area (Å²) in [5.74, 6) is -2.80. The lowest BCUT2D eigenvalue weighted by atomic mass is 10.1. The summed E-state index contributed by atoms with van der Waals surface area (Å²) in [7, 11) is 0. The Morgan fingerprint density at radius 2 is 1.62 bits per heavy atom. The van der Waals surface area contributed by atoms with E-state index in [-0.39, 0.29) is 29.2 Å². The van der Waals surface area contributed by atoms with Gasteiger partial charge in [-0.05, 0) is 36.4 Å². The van der Waals surface area contributed by atoms with Gasteiger partial charge in [-0.25, -0.2) is 23.1 Å². The minimum atomic E-state index is -4.66. The average molecular weight is 474 g/mol. The zero-order valence-electron chi connectivity index (χ0n) is 16.9. The molecule has 0 fully saturated rings. The van der Waals surface area contributed by atoms with E-state index < -0.39 is 29.2 Å². The third-order valence-electron chi connectivity index (χ3n) is 5.09. The van der Waals surface area contributed by atoms with Crippen LogP contribution in [0.5, 0.6) is 0 Å². The van der Waals surface area contributed by atoms with Gasteiger partial charge < -0.3 is 9.09 Å². The normalized spacial score (nSPS) is 11.9. The number of hydrogen-bond donors (Lipinski definition) is 0. The quantitative estimate of drug-likeness (QED) is 0.292. The molecule has 5 nitrogen and oxygen atoms in total. The maximum atomic E-state index is 14.2. The number of alkyl halides is 3. The van der Waals surface area contributed by atoms with Crippen molar-refractivity contribution >= 4 is 0 Å². The average Bonchev–Trinajstić information content (AvgIpc) is 3.41. The Morgan fingerprint density at radius 1 is 0.824 bits per heavy atom. The number of benzene rings is 2. The number of hydrogen-bond acceptors (Lipinski definition) is 4. The van der Waals surface area contributed by atoms with Gasteiger partial charge in [0.05, 0.1) is 23.4 Å². The lowest BCUT2D eigenvalue weighted by Gasteiger charge is -2.07. The van der Waals surface area contributed by atoms with Crippen molar-refractivity contribution in [2.24, 2.45) is 0 Å². The molecule has 0 unspecified atom stereocenters. The van der Waals surface area contributed by atoms with Crippen molar-refractivity contribution in [1.82, 2.24) is 19.7 Å². The minimum Gasteiger partial charge on any atom is -0.359 e. The van der Waals surface area contributed by atoms with Gasteiger partial charge in [0.15, 0.2) is 23.2 Å². The smallest absolute Gasteiger partial charge is 0.359 e. The summed E-state index contributed by atoms with van der Waals surface area (Å²) in [5.41, 5.74) is -0.391. The molecule has 3 heterocycles. The maximum Gasteiger partial charge on any atom is 0.416 e. The highest BCUT2D eigenvalue weighted by molar-refractivity contribution is 5.66. The van der Waals surface area contributed by atoms with Crippen LogP contribution in [-0.2, 0) is 12.7 Å². The molecule has 11 heteroatoms. The Labute approximate surface area is 187 Å². The monoisotopic (exact) mass is 474 g/mol. The predicted octanol–water partition coefficient (Wildman–Crippen LogP) is 6.19. The lowest BCUT2D eigenvalue weighted by molar-refractivity contribution is -0.137. The highest BCUT2D eigenvalue weighted by Crippen LogP contribution is 2.33. The molecule has 172 valence electrons. The van der Waals surface area contributed by atoms with Crippen molar-refractivity contribution in [2.75, 3.05) is 0 Å². The first-order chi connectivity index (χ1) is 16.2. The molecule has 3 aromatic rings. The van der Waals surface area contributed by atoms with E-state index in [9.17, 15) is 26.3 Å². The molecule has 0 spiro atoms. The number of halogens is 6. The van der Waals surface area contributed by atoms with E-state index in [0.29, 0.717) is 23.2 Å². The fourth-order valence-electron chi connectivity index (χ4n) is 3.44. The predicted molar refractivity (Wildman–Crippen MR) is 108 cm³/mol. The van der Waals surface area contributed by atoms with E-state index in [2.05, 4.69) is 15.1 Å². The van der Waals surface area contributed by atoms with Gasteiger partial charge in [0, 0.05) is 24.0 Å². The second-order valence-corrected chi connectivity index (χ2v) is 7.41. The molecular formula is C23H12F6N4O. The van der Waals surface area contributed by atoms with Crippen LogP contribution in [0.1, 0.15) is 11.3 Å². The van der Waals surface area contributed by atoms with Gasteiger partial charge in [0.2, 0.25) is 0 Å². The van der Waals surface area contributed by atoms with Gasteiger partial charge in [-0.15, -0.1) is 0 Å². The van der Waals surface area contributed by atoms with E-state index >= 15 is 0 Å². The highest BCUT2D eigenvalue weighted by Gasteiger charge is 2.31. The Kier molecular flexibility index (Phi) is 5.11. The number of rotatable bonds is 4. The molecule has 2 aromatic carbocycles. The Balaban J connectivity index is 1.40. The summed E-state index contributed by atoms with van der Waals surface area (Å²) in [5, 5.41) is 3.74. The molecule has 0 N–H and O–H groups in total. The van der Waals surface area contributed by atoms with E-state index in [0.717, 1.165) is 18.2 Å².